The lowest BCUT2D eigenvalue weighted by molar-refractivity contribution is -0.110. The highest BCUT2D eigenvalue weighted by Crippen LogP contribution is 2.61. The molecule has 2 nitrogen and oxygen atoms in total. The van der Waals surface area contributed by atoms with E-state index in [2.05, 4.69) is 13.8 Å². The van der Waals surface area contributed by atoms with Gasteiger partial charge in [-0.25, -0.2) is 0 Å². The first-order chi connectivity index (χ1) is 6.93. The zero-order valence-corrected chi connectivity index (χ0v) is 11.1. The van der Waals surface area contributed by atoms with Gasteiger partial charge in [-0.05, 0) is 17.3 Å². The molecule has 1 aliphatic rings. The minimum Gasteiger partial charge on any atom is -0.356 e. The SMILES string of the molecule is COC(C[C@@H]1[C@@H](C=C(Cl)Cl)C1(C)C)OC. The van der Waals surface area contributed by atoms with E-state index in [0.29, 0.717) is 16.3 Å². The largest absolute Gasteiger partial charge is 0.356 e. The van der Waals surface area contributed by atoms with Crippen molar-refractivity contribution >= 4 is 23.2 Å². The summed E-state index contributed by atoms with van der Waals surface area (Å²) < 4.78 is 10.7. The van der Waals surface area contributed by atoms with Crippen LogP contribution >= 0.6 is 23.2 Å². The molecule has 0 amide bonds. The Morgan fingerprint density at radius 3 is 2.27 bits per heavy atom. The molecular formula is C11H18Cl2O2. The fourth-order valence-corrected chi connectivity index (χ4v) is 2.47. The summed E-state index contributed by atoms with van der Waals surface area (Å²) in [6.07, 6.45) is 2.65. The summed E-state index contributed by atoms with van der Waals surface area (Å²) in [6, 6.07) is 0. The van der Waals surface area contributed by atoms with Gasteiger partial charge in [0.2, 0.25) is 0 Å². The van der Waals surface area contributed by atoms with E-state index in [9.17, 15) is 0 Å². The van der Waals surface area contributed by atoms with Gasteiger partial charge in [-0.1, -0.05) is 43.1 Å². The average molecular weight is 253 g/mol. The first-order valence-electron chi connectivity index (χ1n) is 5.02. The topological polar surface area (TPSA) is 18.5 Å². The molecule has 0 spiro atoms. The van der Waals surface area contributed by atoms with Crippen molar-refractivity contribution in [2.75, 3.05) is 14.2 Å². The van der Waals surface area contributed by atoms with Gasteiger partial charge in [0.25, 0.3) is 0 Å². The molecular weight excluding hydrogens is 235 g/mol. The molecule has 1 rings (SSSR count). The molecule has 0 aliphatic heterocycles. The van der Waals surface area contributed by atoms with E-state index in [0.717, 1.165) is 6.42 Å². The van der Waals surface area contributed by atoms with Crippen molar-refractivity contribution in [2.45, 2.75) is 26.6 Å². The maximum atomic E-state index is 5.67. The summed E-state index contributed by atoms with van der Waals surface area (Å²) in [7, 11) is 3.31. The van der Waals surface area contributed by atoms with Crippen molar-refractivity contribution in [3.63, 3.8) is 0 Å². The molecule has 0 bridgehead atoms. The summed E-state index contributed by atoms with van der Waals surface area (Å²) in [4.78, 5) is 0. The molecule has 1 fully saturated rings. The number of rotatable bonds is 5. The Morgan fingerprint density at radius 2 is 1.87 bits per heavy atom. The van der Waals surface area contributed by atoms with E-state index in [1.807, 2.05) is 6.08 Å². The van der Waals surface area contributed by atoms with Crippen LogP contribution in [0.4, 0.5) is 0 Å². The molecule has 0 N–H and O–H groups in total. The third-order valence-electron chi connectivity index (χ3n) is 3.42. The van der Waals surface area contributed by atoms with Gasteiger partial charge in [0.1, 0.15) is 4.49 Å². The zero-order chi connectivity index (χ0) is 11.6. The fraction of sp³-hybridized carbons (Fsp3) is 0.818. The Labute approximate surface area is 102 Å². The van der Waals surface area contributed by atoms with E-state index in [1.165, 1.54) is 0 Å². The first kappa shape index (κ1) is 13.3. The van der Waals surface area contributed by atoms with Crippen molar-refractivity contribution in [2.24, 2.45) is 17.3 Å². The van der Waals surface area contributed by atoms with Gasteiger partial charge >= 0.3 is 0 Å². The van der Waals surface area contributed by atoms with Crippen LogP contribution in [-0.2, 0) is 9.47 Å². The Hall–Kier alpha value is 0.240. The van der Waals surface area contributed by atoms with Gasteiger partial charge in [0.05, 0.1) is 0 Å². The monoisotopic (exact) mass is 252 g/mol. The lowest BCUT2D eigenvalue weighted by Crippen LogP contribution is -2.14. The van der Waals surface area contributed by atoms with Crippen molar-refractivity contribution in [1.82, 2.24) is 0 Å². The molecule has 1 saturated carbocycles. The van der Waals surface area contributed by atoms with E-state index in [-0.39, 0.29) is 11.7 Å². The molecule has 0 aromatic heterocycles. The van der Waals surface area contributed by atoms with Crippen LogP contribution in [0.5, 0.6) is 0 Å². The summed E-state index contributed by atoms with van der Waals surface area (Å²) in [5.41, 5.74) is 0.240. The number of halogens is 2. The molecule has 15 heavy (non-hydrogen) atoms. The van der Waals surface area contributed by atoms with Crippen molar-refractivity contribution in [1.29, 1.82) is 0 Å². The number of methoxy groups -OCH3 is 2. The first-order valence-corrected chi connectivity index (χ1v) is 5.77. The Balaban J connectivity index is 2.55. The molecule has 88 valence electrons. The van der Waals surface area contributed by atoms with E-state index in [4.69, 9.17) is 32.7 Å². The fourth-order valence-electron chi connectivity index (χ4n) is 2.20. The molecule has 0 heterocycles. The second kappa shape index (κ2) is 5.05. The van der Waals surface area contributed by atoms with Gasteiger partial charge in [-0.15, -0.1) is 0 Å². The molecule has 2 atom stereocenters. The van der Waals surface area contributed by atoms with Gasteiger partial charge in [0.15, 0.2) is 6.29 Å². The summed E-state index contributed by atoms with van der Waals surface area (Å²) in [5, 5.41) is 0. The van der Waals surface area contributed by atoms with Gasteiger partial charge in [-0.3, -0.25) is 0 Å². The second-order valence-corrected chi connectivity index (χ2v) is 5.55. The maximum Gasteiger partial charge on any atom is 0.157 e. The number of allylic oxidation sites excluding steroid dienone is 1. The van der Waals surface area contributed by atoms with Gasteiger partial charge in [-0.2, -0.15) is 0 Å². The van der Waals surface area contributed by atoms with E-state index >= 15 is 0 Å². The highest BCUT2D eigenvalue weighted by Gasteiger charge is 2.56. The maximum absolute atomic E-state index is 5.67. The minimum atomic E-state index is -0.137. The van der Waals surface area contributed by atoms with Crippen LogP contribution in [0.1, 0.15) is 20.3 Å². The smallest absolute Gasteiger partial charge is 0.157 e. The van der Waals surface area contributed by atoms with Crippen LogP contribution in [0.25, 0.3) is 0 Å². The lowest BCUT2D eigenvalue weighted by atomic mass is 10.1. The predicted octanol–water partition coefficient (Wildman–Crippen LogP) is 3.59. The Bertz CT molecular complexity index is 243. The molecule has 0 unspecified atom stereocenters. The van der Waals surface area contributed by atoms with Gasteiger partial charge < -0.3 is 9.47 Å². The van der Waals surface area contributed by atoms with E-state index < -0.39 is 0 Å². The lowest BCUT2D eigenvalue weighted by Gasteiger charge is -2.13. The van der Waals surface area contributed by atoms with Crippen molar-refractivity contribution in [3.8, 4) is 0 Å². The zero-order valence-electron chi connectivity index (χ0n) is 9.59. The number of hydrogen-bond acceptors (Lipinski definition) is 2. The van der Waals surface area contributed by atoms with Gasteiger partial charge in [0, 0.05) is 20.6 Å². The van der Waals surface area contributed by atoms with Crippen LogP contribution in [0, 0.1) is 17.3 Å². The summed E-state index contributed by atoms with van der Waals surface area (Å²) in [5.74, 6) is 0.949. The van der Waals surface area contributed by atoms with Crippen molar-refractivity contribution in [3.05, 3.63) is 10.6 Å². The standard InChI is InChI=1S/C11H18Cl2O2/c1-11(2)7(5-9(12)13)8(11)6-10(14-3)15-4/h5,7-8,10H,6H2,1-4H3/t7-,8-/m1/s1. The number of hydrogen-bond donors (Lipinski definition) is 0. The quantitative estimate of drug-likeness (QED) is 0.697. The Morgan fingerprint density at radius 1 is 1.33 bits per heavy atom. The normalized spacial score (nSPS) is 27.9. The van der Waals surface area contributed by atoms with Crippen LogP contribution in [0.15, 0.2) is 10.6 Å². The average Bonchev–Trinajstić information content (AvgIpc) is 2.63. The van der Waals surface area contributed by atoms with E-state index in [1.54, 1.807) is 14.2 Å². The minimum absolute atomic E-state index is 0.137. The third kappa shape index (κ3) is 3.10. The molecule has 0 saturated heterocycles. The molecule has 0 aromatic carbocycles. The van der Waals surface area contributed by atoms with Crippen molar-refractivity contribution < 1.29 is 9.47 Å². The predicted molar refractivity (Wildman–Crippen MR) is 63.0 cm³/mol. The second-order valence-electron chi connectivity index (χ2n) is 4.55. The highest BCUT2D eigenvalue weighted by atomic mass is 35.5. The van der Waals surface area contributed by atoms with Crippen LogP contribution in [0.2, 0.25) is 0 Å². The molecule has 0 aromatic rings. The van der Waals surface area contributed by atoms with Crippen LogP contribution in [-0.4, -0.2) is 20.5 Å². The highest BCUT2D eigenvalue weighted by molar-refractivity contribution is 6.55. The molecule has 0 radical (unpaired) electrons. The van der Waals surface area contributed by atoms with Crippen LogP contribution < -0.4 is 0 Å². The Kier molecular flexibility index (Phi) is 4.48. The molecule has 1 aliphatic carbocycles. The third-order valence-corrected chi connectivity index (χ3v) is 3.67. The number of ether oxygens (including phenoxy) is 2. The van der Waals surface area contributed by atoms with Crippen LogP contribution in [0.3, 0.4) is 0 Å². The summed E-state index contributed by atoms with van der Waals surface area (Å²) >= 11 is 11.3. The summed E-state index contributed by atoms with van der Waals surface area (Å²) in [6.45, 7) is 4.41. The molecule has 4 heteroatoms.